The smallest absolute Gasteiger partial charge is 0.211 e. The average molecular weight is 309 g/mol. The molecule has 0 unspecified atom stereocenters. The highest BCUT2D eigenvalue weighted by molar-refractivity contribution is 5.68. The van der Waals surface area contributed by atoms with E-state index >= 15 is 0 Å². The molecule has 124 valence electrons. The Morgan fingerprint density at radius 2 is 1.95 bits per heavy atom. The molecule has 0 radical (unpaired) electrons. The number of aliphatic carboxylic acids is 1. The van der Waals surface area contributed by atoms with Crippen LogP contribution in [0.25, 0.3) is 0 Å². The van der Waals surface area contributed by atoms with Crippen molar-refractivity contribution < 1.29 is 46.1 Å². The predicted molar refractivity (Wildman–Crippen MR) is 66.1 cm³/mol. The summed E-state index contributed by atoms with van der Waals surface area (Å²) >= 11 is 0. The zero-order chi connectivity index (χ0) is 16.0. The zero-order valence-electron chi connectivity index (χ0n) is 11.8. The van der Waals surface area contributed by atoms with Gasteiger partial charge in [-0.15, -0.1) is 0 Å². The lowest BCUT2D eigenvalue weighted by Crippen LogP contribution is -2.97. The number of carboxylic acid groups (broad SMARTS) is 1. The van der Waals surface area contributed by atoms with Gasteiger partial charge in [-0.1, -0.05) is 0 Å². The van der Waals surface area contributed by atoms with E-state index in [9.17, 15) is 25.2 Å². The van der Waals surface area contributed by atoms with Crippen LogP contribution >= 0.6 is 0 Å². The molecule has 1 saturated heterocycles. The van der Waals surface area contributed by atoms with Crippen molar-refractivity contribution in [2.75, 3.05) is 13.2 Å². The van der Waals surface area contributed by atoms with Crippen LogP contribution in [0.5, 0.6) is 0 Å². The fraction of sp³-hybridized carbons (Fsp3) is 0.917. The van der Waals surface area contributed by atoms with Gasteiger partial charge in [0, 0.05) is 6.42 Å². The van der Waals surface area contributed by atoms with Gasteiger partial charge in [0.2, 0.25) is 6.29 Å². The van der Waals surface area contributed by atoms with E-state index in [1.807, 2.05) is 0 Å². The molecule has 1 heterocycles. The molecule has 0 spiro atoms. The Balaban J connectivity index is 2.29. The average Bonchev–Trinajstić information content (AvgIpc) is 2.45. The van der Waals surface area contributed by atoms with Gasteiger partial charge in [-0.2, -0.15) is 0 Å². The van der Waals surface area contributed by atoms with Gasteiger partial charge >= 0.3 is 0 Å². The van der Waals surface area contributed by atoms with Crippen LogP contribution in [0.15, 0.2) is 0 Å². The third kappa shape index (κ3) is 5.15. The van der Waals surface area contributed by atoms with Gasteiger partial charge in [0.25, 0.3) is 0 Å². The molecule has 0 amide bonds. The number of nitrogens with two attached hydrogens (primary N) is 1. The van der Waals surface area contributed by atoms with E-state index in [0.717, 1.165) is 0 Å². The fourth-order valence-corrected chi connectivity index (χ4v) is 2.34. The van der Waals surface area contributed by atoms with Crippen LogP contribution in [0, 0.1) is 0 Å². The summed E-state index contributed by atoms with van der Waals surface area (Å²) in [5, 5.41) is 50.4. The highest BCUT2D eigenvalue weighted by Gasteiger charge is 2.45. The van der Waals surface area contributed by atoms with E-state index < -0.39 is 49.3 Å². The topological polar surface area (TPSA) is 175 Å². The number of hydrogen-bond donors (Lipinski definition) is 6. The summed E-state index contributed by atoms with van der Waals surface area (Å²) in [7, 11) is 0. The van der Waals surface area contributed by atoms with Gasteiger partial charge in [-0.3, -0.25) is 0 Å². The van der Waals surface area contributed by atoms with Crippen LogP contribution in [0.4, 0.5) is 0 Å². The van der Waals surface area contributed by atoms with Crippen LogP contribution in [-0.4, -0.2) is 76.2 Å². The second-order valence-electron chi connectivity index (χ2n) is 5.34. The first-order valence-electron chi connectivity index (χ1n) is 7.06. The number of aliphatic hydroxyl groups is 4. The Labute approximate surface area is 122 Å². The van der Waals surface area contributed by atoms with E-state index in [1.54, 1.807) is 5.32 Å². The molecule has 9 heteroatoms. The summed E-state index contributed by atoms with van der Waals surface area (Å²) in [5.74, 6) is -1.18. The van der Waals surface area contributed by atoms with E-state index in [0.29, 0.717) is 25.8 Å². The van der Waals surface area contributed by atoms with Crippen molar-refractivity contribution in [1.82, 2.24) is 0 Å². The van der Waals surface area contributed by atoms with Crippen LogP contribution in [0.3, 0.4) is 0 Å². The number of unbranched alkanes of at least 4 members (excludes halogenated alkanes) is 1. The lowest BCUT2D eigenvalue weighted by molar-refractivity contribution is -0.717. The van der Waals surface area contributed by atoms with Crippen molar-refractivity contribution in [3.05, 3.63) is 0 Å². The molecule has 0 aromatic rings. The Morgan fingerprint density at radius 1 is 1.29 bits per heavy atom. The first-order valence-corrected chi connectivity index (χ1v) is 7.06. The van der Waals surface area contributed by atoms with Crippen molar-refractivity contribution in [2.24, 2.45) is 0 Å². The molecule has 1 fully saturated rings. The Kier molecular flexibility index (Phi) is 7.46. The monoisotopic (exact) mass is 309 g/mol. The number of carbonyl (C=O) groups excluding carboxylic acids is 1. The minimum atomic E-state index is -1.29. The Bertz CT molecular complexity index is 331. The first-order chi connectivity index (χ1) is 9.88. The molecule has 9 N–H and O–H groups in total. The summed E-state index contributed by atoms with van der Waals surface area (Å²) in [6.45, 7) is 0.0363. The van der Waals surface area contributed by atoms with Crippen molar-refractivity contribution in [2.45, 2.75) is 55.9 Å². The SMILES string of the molecule is [NH3+][C@@H](CCCC[NH2+][C@@H]1[C@@H](O)[C@H](O)[C@@H](CO)O[C@H]1O)C(=O)[O-]. The number of ether oxygens (including phenoxy) is 1. The summed E-state index contributed by atoms with van der Waals surface area (Å²) in [4.78, 5) is 10.5. The second kappa shape index (κ2) is 8.59. The first kappa shape index (κ1) is 18.2. The summed E-state index contributed by atoms with van der Waals surface area (Å²) < 4.78 is 5.03. The van der Waals surface area contributed by atoms with Gasteiger partial charge in [-0.25, -0.2) is 0 Å². The molecule has 0 aliphatic carbocycles. The molecule has 1 rings (SSSR count). The van der Waals surface area contributed by atoms with E-state index in [-0.39, 0.29) is 0 Å². The molecule has 0 aromatic carbocycles. The third-order valence-electron chi connectivity index (χ3n) is 3.73. The maximum Gasteiger partial charge on any atom is 0.211 e. The Morgan fingerprint density at radius 3 is 2.52 bits per heavy atom. The molecular formula is C12H25N2O7+. The normalized spacial score (nSPS) is 34.6. The number of carboxylic acids is 1. The molecule has 21 heavy (non-hydrogen) atoms. The standard InChI is InChI=1S/C12H24N2O7/c13-6(11(18)19)3-1-2-4-14-8-10(17)9(16)7(5-15)21-12(8)20/h6-10,12,14-17,20H,1-5,13H2,(H,18,19)/p+1/t6-,7+,8+,9+,10+,12+/m0/s1. The lowest BCUT2D eigenvalue weighted by Gasteiger charge is -2.38. The summed E-state index contributed by atoms with van der Waals surface area (Å²) in [6, 6.07) is -1.49. The third-order valence-corrected chi connectivity index (χ3v) is 3.73. The van der Waals surface area contributed by atoms with E-state index in [4.69, 9.17) is 9.84 Å². The van der Waals surface area contributed by atoms with Gasteiger partial charge in [0.05, 0.1) is 19.1 Å². The van der Waals surface area contributed by atoms with Crippen LogP contribution in [0.1, 0.15) is 19.3 Å². The maximum atomic E-state index is 10.5. The molecule has 1 aliphatic rings. The minimum absolute atomic E-state index is 0.400. The van der Waals surface area contributed by atoms with Crippen molar-refractivity contribution in [3.8, 4) is 0 Å². The van der Waals surface area contributed by atoms with Crippen LogP contribution in [-0.2, 0) is 9.53 Å². The minimum Gasteiger partial charge on any atom is -0.544 e. The van der Waals surface area contributed by atoms with Gasteiger partial charge in [0.1, 0.15) is 24.4 Å². The van der Waals surface area contributed by atoms with Crippen molar-refractivity contribution in [3.63, 3.8) is 0 Å². The van der Waals surface area contributed by atoms with Gasteiger partial charge in [-0.05, 0) is 12.8 Å². The lowest BCUT2D eigenvalue weighted by atomic mass is 9.97. The maximum absolute atomic E-state index is 10.5. The number of hydrogen-bond acceptors (Lipinski definition) is 7. The Hall–Kier alpha value is -0.810. The molecule has 9 nitrogen and oxygen atoms in total. The molecule has 6 atom stereocenters. The van der Waals surface area contributed by atoms with Crippen LogP contribution in [0.2, 0.25) is 0 Å². The highest BCUT2D eigenvalue weighted by Crippen LogP contribution is 2.17. The molecule has 0 aromatic heterocycles. The molecule has 0 bridgehead atoms. The number of rotatable bonds is 8. The summed E-state index contributed by atoms with van der Waals surface area (Å²) in [5.41, 5.74) is 3.45. The zero-order valence-corrected chi connectivity index (χ0v) is 11.8. The molecular weight excluding hydrogens is 284 g/mol. The number of quaternary nitrogens is 2. The van der Waals surface area contributed by atoms with Gasteiger partial charge in [0.15, 0.2) is 6.04 Å². The fourth-order valence-electron chi connectivity index (χ4n) is 2.34. The quantitative estimate of drug-likeness (QED) is 0.242. The molecule has 0 saturated carbocycles. The van der Waals surface area contributed by atoms with Crippen molar-refractivity contribution in [1.29, 1.82) is 0 Å². The van der Waals surface area contributed by atoms with Crippen LogP contribution < -0.4 is 16.2 Å². The molecule has 1 aliphatic heterocycles. The largest absolute Gasteiger partial charge is 0.544 e. The van der Waals surface area contributed by atoms with Crippen molar-refractivity contribution >= 4 is 5.97 Å². The number of carbonyl (C=O) groups is 1. The second-order valence-corrected chi connectivity index (χ2v) is 5.34. The van der Waals surface area contributed by atoms with E-state index in [2.05, 4.69) is 5.73 Å². The van der Waals surface area contributed by atoms with Gasteiger partial charge < -0.3 is 46.1 Å². The highest BCUT2D eigenvalue weighted by atomic mass is 16.6. The predicted octanol–water partition coefficient (Wildman–Crippen LogP) is -6.12. The summed E-state index contributed by atoms with van der Waals surface area (Å²) in [6.07, 6.45) is -3.08. The van der Waals surface area contributed by atoms with E-state index in [1.165, 1.54) is 0 Å². The number of aliphatic hydroxyl groups excluding tert-OH is 4.